The molecule has 0 amide bonds. The molecule has 0 spiro atoms. The minimum Gasteiger partial charge on any atom is -0.381 e. The molecule has 0 radical (unpaired) electrons. The van der Waals surface area contributed by atoms with Gasteiger partial charge in [0, 0.05) is 29.0 Å². The molecular weight excluding hydrogens is 262 g/mol. The third kappa shape index (κ3) is 2.83. The fraction of sp³-hybridized carbons (Fsp3) is 0.429. The minimum atomic E-state index is 0.355. The average molecular weight is 279 g/mol. The summed E-state index contributed by atoms with van der Waals surface area (Å²) in [6.45, 7) is 1.78. The van der Waals surface area contributed by atoms with Crippen LogP contribution in [-0.4, -0.2) is 19.3 Å². The van der Waals surface area contributed by atoms with Gasteiger partial charge >= 0.3 is 0 Å². The topological polar surface area (TPSA) is 21.3 Å². The Morgan fingerprint density at radius 3 is 2.17 bits per heavy atom. The van der Waals surface area contributed by atoms with Gasteiger partial charge in [-0.05, 0) is 35.7 Å². The lowest BCUT2D eigenvalue weighted by molar-refractivity contribution is 0.0762. The molecule has 3 heterocycles. The monoisotopic (exact) mass is 279 g/mol. The zero-order chi connectivity index (χ0) is 12.2. The van der Waals surface area contributed by atoms with Gasteiger partial charge in [0.25, 0.3) is 0 Å². The van der Waals surface area contributed by atoms with E-state index in [4.69, 9.17) is 4.74 Å². The van der Waals surface area contributed by atoms with Gasteiger partial charge in [-0.2, -0.15) is 0 Å². The van der Waals surface area contributed by atoms with E-state index in [1.54, 1.807) is 0 Å². The molecule has 2 aromatic heterocycles. The molecule has 1 fully saturated rings. The summed E-state index contributed by atoms with van der Waals surface area (Å²) < 4.78 is 5.43. The normalized spacial score (nSPS) is 17.4. The van der Waals surface area contributed by atoms with Crippen LogP contribution in [0.2, 0.25) is 0 Å². The van der Waals surface area contributed by atoms with E-state index < -0.39 is 0 Å². The Kier molecular flexibility index (Phi) is 4.10. The molecule has 1 N–H and O–H groups in total. The van der Waals surface area contributed by atoms with Crippen LogP contribution in [0, 0.1) is 0 Å². The molecule has 4 heteroatoms. The third-order valence-corrected chi connectivity index (χ3v) is 5.15. The predicted molar refractivity (Wildman–Crippen MR) is 77.5 cm³/mol. The third-order valence-electron chi connectivity index (χ3n) is 3.28. The highest BCUT2D eigenvalue weighted by Gasteiger charge is 2.22. The molecule has 3 rings (SSSR count). The average Bonchev–Trinajstić information content (AvgIpc) is 3.11. The SMILES string of the molecule is c1csc(C(NC2CCOCC2)c2cccs2)c1. The van der Waals surface area contributed by atoms with Crippen LogP contribution in [0.1, 0.15) is 28.6 Å². The number of rotatable bonds is 4. The van der Waals surface area contributed by atoms with Crippen LogP contribution >= 0.6 is 22.7 Å². The molecule has 2 aromatic rings. The van der Waals surface area contributed by atoms with E-state index in [-0.39, 0.29) is 0 Å². The van der Waals surface area contributed by atoms with Gasteiger partial charge in [0.1, 0.15) is 0 Å². The summed E-state index contributed by atoms with van der Waals surface area (Å²) in [6.07, 6.45) is 2.24. The summed E-state index contributed by atoms with van der Waals surface area (Å²) in [5.74, 6) is 0. The van der Waals surface area contributed by atoms with Crippen molar-refractivity contribution < 1.29 is 4.74 Å². The summed E-state index contributed by atoms with van der Waals surface area (Å²) in [5, 5.41) is 8.11. The second kappa shape index (κ2) is 5.97. The number of thiophene rings is 2. The fourth-order valence-corrected chi connectivity index (χ4v) is 4.00. The minimum absolute atomic E-state index is 0.355. The molecule has 0 aliphatic carbocycles. The van der Waals surface area contributed by atoms with Gasteiger partial charge in [-0.1, -0.05) is 12.1 Å². The maximum absolute atomic E-state index is 5.43. The van der Waals surface area contributed by atoms with Crippen molar-refractivity contribution in [2.45, 2.75) is 24.9 Å². The second-order valence-electron chi connectivity index (χ2n) is 4.52. The van der Waals surface area contributed by atoms with Crippen LogP contribution < -0.4 is 5.32 Å². The maximum atomic E-state index is 5.43. The molecular formula is C14H17NOS2. The smallest absolute Gasteiger partial charge is 0.0767 e. The standard InChI is InChI=1S/C14H17NOS2/c1-3-12(17-9-1)14(13-4-2-10-18-13)15-11-5-7-16-8-6-11/h1-4,9-11,14-15H,5-8H2. The van der Waals surface area contributed by atoms with E-state index in [2.05, 4.69) is 40.3 Å². The summed E-state index contributed by atoms with van der Waals surface area (Å²) in [7, 11) is 0. The first-order chi connectivity index (χ1) is 8.93. The molecule has 1 saturated heterocycles. The molecule has 96 valence electrons. The van der Waals surface area contributed by atoms with Gasteiger partial charge in [0.2, 0.25) is 0 Å². The highest BCUT2D eigenvalue weighted by molar-refractivity contribution is 7.11. The van der Waals surface area contributed by atoms with Gasteiger partial charge in [0.05, 0.1) is 6.04 Å². The first-order valence-corrected chi connectivity index (χ1v) is 8.10. The molecule has 0 saturated carbocycles. The zero-order valence-electron chi connectivity index (χ0n) is 10.2. The van der Waals surface area contributed by atoms with Crippen molar-refractivity contribution >= 4 is 22.7 Å². The van der Waals surface area contributed by atoms with E-state index >= 15 is 0 Å². The number of ether oxygens (including phenoxy) is 1. The number of nitrogens with one attached hydrogen (secondary N) is 1. The molecule has 18 heavy (non-hydrogen) atoms. The molecule has 0 aromatic carbocycles. The fourth-order valence-electron chi connectivity index (χ4n) is 2.32. The molecule has 0 bridgehead atoms. The van der Waals surface area contributed by atoms with Gasteiger partial charge in [-0.15, -0.1) is 22.7 Å². The lowest BCUT2D eigenvalue weighted by Crippen LogP contribution is -2.37. The predicted octanol–water partition coefficient (Wildman–Crippen LogP) is 3.67. The van der Waals surface area contributed by atoms with Crippen molar-refractivity contribution in [3.05, 3.63) is 44.8 Å². The van der Waals surface area contributed by atoms with Gasteiger partial charge in [-0.3, -0.25) is 0 Å². The molecule has 1 aliphatic heterocycles. The van der Waals surface area contributed by atoms with Crippen LogP contribution in [0.5, 0.6) is 0 Å². The quantitative estimate of drug-likeness (QED) is 0.922. The maximum Gasteiger partial charge on any atom is 0.0767 e. The van der Waals surface area contributed by atoms with Crippen molar-refractivity contribution in [2.24, 2.45) is 0 Å². The summed E-state index contributed by atoms with van der Waals surface area (Å²) >= 11 is 3.66. The lowest BCUT2D eigenvalue weighted by atomic mass is 10.1. The van der Waals surface area contributed by atoms with Gasteiger partial charge in [0.15, 0.2) is 0 Å². The molecule has 0 atom stereocenters. The van der Waals surface area contributed by atoms with Crippen LogP contribution in [-0.2, 0) is 4.74 Å². The van der Waals surface area contributed by atoms with E-state index in [0.29, 0.717) is 12.1 Å². The first-order valence-electron chi connectivity index (χ1n) is 6.34. The van der Waals surface area contributed by atoms with Crippen molar-refractivity contribution in [3.8, 4) is 0 Å². The lowest BCUT2D eigenvalue weighted by Gasteiger charge is -2.27. The summed E-state index contributed by atoms with van der Waals surface area (Å²) in [6, 6.07) is 9.64. The Labute approximate surface area is 116 Å². The number of hydrogen-bond donors (Lipinski definition) is 1. The summed E-state index contributed by atoms with van der Waals surface area (Å²) in [4.78, 5) is 2.81. The summed E-state index contributed by atoms with van der Waals surface area (Å²) in [5.41, 5.74) is 0. The largest absolute Gasteiger partial charge is 0.381 e. The first kappa shape index (κ1) is 12.4. The van der Waals surface area contributed by atoms with Crippen molar-refractivity contribution in [1.29, 1.82) is 0 Å². The van der Waals surface area contributed by atoms with Crippen molar-refractivity contribution in [2.75, 3.05) is 13.2 Å². The van der Waals surface area contributed by atoms with E-state index in [0.717, 1.165) is 26.1 Å². The molecule has 1 aliphatic rings. The van der Waals surface area contributed by atoms with Crippen molar-refractivity contribution in [1.82, 2.24) is 5.32 Å². The zero-order valence-corrected chi connectivity index (χ0v) is 11.8. The Morgan fingerprint density at radius 1 is 1.06 bits per heavy atom. The van der Waals surface area contributed by atoms with E-state index in [1.807, 2.05) is 22.7 Å². The van der Waals surface area contributed by atoms with Crippen LogP contribution in [0.3, 0.4) is 0 Å². The van der Waals surface area contributed by atoms with E-state index in [1.165, 1.54) is 9.75 Å². The molecule has 0 unspecified atom stereocenters. The Balaban J connectivity index is 1.77. The Hall–Kier alpha value is -0.680. The highest BCUT2D eigenvalue weighted by Crippen LogP contribution is 2.30. The highest BCUT2D eigenvalue weighted by atomic mass is 32.1. The van der Waals surface area contributed by atoms with Crippen LogP contribution in [0.25, 0.3) is 0 Å². The van der Waals surface area contributed by atoms with Crippen LogP contribution in [0.4, 0.5) is 0 Å². The van der Waals surface area contributed by atoms with Crippen LogP contribution in [0.15, 0.2) is 35.0 Å². The Bertz CT molecular complexity index is 412. The molecule has 2 nitrogen and oxygen atoms in total. The Morgan fingerprint density at radius 2 is 1.67 bits per heavy atom. The van der Waals surface area contributed by atoms with Gasteiger partial charge in [-0.25, -0.2) is 0 Å². The van der Waals surface area contributed by atoms with E-state index in [9.17, 15) is 0 Å². The number of hydrogen-bond acceptors (Lipinski definition) is 4. The second-order valence-corrected chi connectivity index (χ2v) is 6.48. The van der Waals surface area contributed by atoms with Crippen molar-refractivity contribution in [3.63, 3.8) is 0 Å². The van der Waals surface area contributed by atoms with Gasteiger partial charge < -0.3 is 10.1 Å².